The lowest BCUT2D eigenvalue weighted by Crippen LogP contribution is -2.33. The molecule has 14 heteroatoms. The number of carbonyl (C=O) groups is 1. The van der Waals surface area contributed by atoms with E-state index in [-0.39, 0.29) is 36.3 Å². The Labute approximate surface area is 269 Å². The van der Waals surface area contributed by atoms with Crippen molar-refractivity contribution in [3.63, 3.8) is 0 Å². The lowest BCUT2D eigenvalue weighted by Gasteiger charge is -2.17. The van der Waals surface area contributed by atoms with E-state index >= 15 is 0 Å². The van der Waals surface area contributed by atoms with Crippen LogP contribution in [0.15, 0.2) is 81.2 Å². The normalized spacial score (nSPS) is 18.3. The maximum Gasteiger partial charge on any atom is 0.508 e. The molecule has 1 aliphatic rings. The first kappa shape index (κ1) is 31.8. The molecular weight excluding hydrogens is 630 g/mol. The number of aliphatic hydroxyl groups is 1. The largest absolute Gasteiger partial charge is 0.508 e. The van der Waals surface area contributed by atoms with Crippen LogP contribution in [-0.2, 0) is 14.2 Å². The van der Waals surface area contributed by atoms with Crippen LogP contribution in [0.2, 0.25) is 0 Å². The number of ether oxygens (including phenoxy) is 3. The molecular formula is C33H29N3O10S. The number of aromatic nitrogens is 2. The van der Waals surface area contributed by atoms with E-state index in [1.165, 1.54) is 30.5 Å². The highest BCUT2D eigenvalue weighted by atomic mass is 32.1. The summed E-state index contributed by atoms with van der Waals surface area (Å²) in [4.78, 5) is 63.1. The number of nitrogens with one attached hydrogen (secondary N) is 1. The summed E-state index contributed by atoms with van der Waals surface area (Å²) in [5.74, 6) is -0.613. The van der Waals surface area contributed by atoms with Gasteiger partial charge in [0.25, 0.3) is 11.2 Å². The maximum absolute atomic E-state index is 13.2. The number of hydrogen-bond acceptors (Lipinski definition) is 11. The highest BCUT2D eigenvalue weighted by Gasteiger charge is 2.36. The van der Waals surface area contributed by atoms with Gasteiger partial charge in [-0.05, 0) is 54.4 Å². The van der Waals surface area contributed by atoms with Gasteiger partial charge in [0.2, 0.25) is 0 Å². The van der Waals surface area contributed by atoms with E-state index in [4.69, 9.17) is 14.2 Å². The van der Waals surface area contributed by atoms with Gasteiger partial charge >= 0.3 is 11.8 Å². The molecule has 4 atom stereocenters. The van der Waals surface area contributed by atoms with Crippen molar-refractivity contribution in [1.29, 1.82) is 0 Å². The molecule has 1 aliphatic heterocycles. The molecule has 0 saturated carbocycles. The summed E-state index contributed by atoms with van der Waals surface area (Å²) in [6, 6.07) is 17.5. The molecule has 47 heavy (non-hydrogen) atoms. The minimum atomic E-state index is -1.07. The second-order valence-corrected chi connectivity index (χ2v) is 12.4. The maximum atomic E-state index is 13.2. The zero-order valence-corrected chi connectivity index (χ0v) is 26.0. The van der Waals surface area contributed by atoms with Gasteiger partial charge in [-0.1, -0.05) is 25.1 Å². The number of carbonyl (C=O) groups excluding carboxylic acids is 1. The Morgan fingerprint density at radius 3 is 2.60 bits per heavy atom. The minimum absolute atomic E-state index is 0.0238. The highest BCUT2D eigenvalue weighted by Crippen LogP contribution is 2.34. The fraction of sp³-hybridized carbons (Fsp3) is 0.273. The van der Waals surface area contributed by atoms with Crippen molar-refractivity contribution in [3.8, 4) is 11.1 Å². The second-order valence-electron chi connectivity index (χ2n) is 11.4. The van der Waals surface area contributed by atoms with E-state index in [9.17, 15) is 34.4 Å². The number of benzene rings is 3. The van der Waals surface area contributed by atoms with Gasteiger partial charge in [0.05, 0.1) is 11.0 Å². The van der Waals surface area contributed by atoms with Crippen LogP contribution >= 0.6 is 11.3 Å². The Morgan fingerprint density at radius 2 is 1.81 bits per heavy atom. The summed E-state index contributed by atoms with van der Waals surface area (Å²) in [5.41, 5.74) is 0.488. The third-order valence-corrected chi connectivity index (χ3v) is 9.29. The standard InChI is InChI=1S/C33H29N3O10S/c1-17-14-35(32(40)34-31(17)39)29-13-25(37)26(46-29)16-45-33(41)44-15-18(2)22-11-19(7-9-24(22)36(42)43)20-8-10-28-23(12-20)30(38)21-5-3-4-6-27(21)47-28/h3-12,14,18,25-26,29,37H,13,15-16H2,1-2H3,(H,34,39,40)/t18?,25-,26+,29+/m0/s1. The Balaban J connectivity index is 1.13. The molecule has 6 rings (SSSR count). The quantitative estimate of drug-likeness (QED) is 0.102. The molecule has 0 spiro atoms. The smallest absolute Gasteiger partial charge is 0.434 e. The van der Waals surface area contributed by atoms with Crippen LogP contribution in [0.4, 0.5) is 10.5 Å². The number of aromatic amines is 1. The number of H-pyrrole nitrogens is 1. The lowest BCUT2D eigenvalue weighted by molar-refractivity contribution is -0.385. The first-order valence-electron chi connectivity index (χ1n) is 14.7. The van der Waals surface area contributed by atoms with Crippen LogP contribution in [0.25, 0.3) is 31.3 Å². The molecule has 1 saturated heterocycles. The fourth-order valence-corrected chi connectivity index (χ4v) is 6.64. The molecule has 5 aromatic rings. The number of hydrogen-bond donors (Lipinski definition) is 2. The van der Waals surface area contributed by atoms with Gasteiger partial charge in [-0.15, -0.1) is 11.3 Å². The van der Waals surface area contributed by atoms with Crippen molar-refractivity contribution in [2.24, 2.45) is 0 Å². The molecule has 2 aromatic heterocycles. The van der Waals surface area contributed by atoms with E-state index in [2.05, 4.69) is 4.98 Å². The van der Waals surface area contributed by atoms with Crippen LogP contribution in [0.5, 0.6) is 0 Å². The van der Waals surface area contributed by atoms with Gasteiger partial charge in [-0.2, -0.15) is 0 Å². The highest BCUT2D eigenvalue weighted by molar-refractivity contribution is 7.24. The van der Waals surface area contributed by atoms with Crippen LogP contribution < -0.4 is 16.7 Å². The monoisotopic (exact) mass is 659 g/mol. The van der Waals surface area contributed by atoms with Crippen molar-refractivity contribution in [2.45, 2.75) is 44.6 Å². The Hall–Kier alpha value is -5.18. The number of nitro benzene ring substituents is 1. The topological polar surface area (TPSA) is 180 Å². The van der Waals surface area contributed by atoms with E-state index in [0.29, 0.717) is 27.5 Å². The van der Waals surface area contributed by atoms with E-state index in [1.54, 1.807) is 31.2 Å². The summed E-state index contributed by atoms with van der Waals surface area (Å²) >= 11 is 1.51. The van der Waals surface area contributed by atoms with Crippen molar-refractivity contribution >= 4 is 43.4 Å². The number of rotatable bonds is 8. The lowest BCUT2D eigenvalue weighted by atomic mass is 9.94. The van der Waals surface area contributed by atoms with Gasteiger partial charge in [0.1, 0.15) is 25.5 Å². The van der Waals surface area contributed by atoms with Gasteiger partial charge in [0.15, 0.2) is 5.43 Å². The van der Waals surface area contributed by atoms with Crippen LogP contribution in [0.3, 0.4) is 0 Å². The second kappa shape index (κ2) is 12.9. The zero-order valence-electron chi connectivity index (χ0n) is 25.2. The summed E-state index contributed by atoms with van der Waals surface area (Å²) in [6.45, 7) is 2.57. The van der Waals surface area contributed by atoms with Crippen LogP contribution in [-0.4, -0.2) is 51.2 Å². The fourth-order valence-electron chi connectivity index (χ4n) is 5.59. The average molecular weight is 660 g/mol. The number of fused-ring (bicyclic) bond motifs is 2. The number of aliphatic hydroxyl groups excluding tert-OH is 1. The molecule has 242 valence electrons. The third kappa shape index (κ3) is 6.43. The Bertz CT molecular complexity index is 2210. The summed E-state index contributed by atoms with van der Waals surface area (Å²) in [6.07, 6.45) is -2.63. The summed E-state index contributed by atoms with van der Waals surface area (Å²) < 4.78 is 19.0. The molecule has 1 fully saturated rings. The predicted molar refractivity (Wildman–Crippen MR) is 174 cm³/mol. The van der Waals surface area contributed by atoms with Gasteiger partial charge in [-0.3, -0.25) is 29.3 Å². The Kier molecular flexibility index (Phi) is 8.73. The summed E-state index contributed by atoms with van der Waals surface area (Å²) in [5, 5.41) is 23.5. The molecule has 3 aromatic carbocycles. The van der Waals surface area contributed by atoms with Crippen LogP contribution in [0, 0.1) is 17.0 Å². The number of nitro groups is 1. The third-order valence-electron chi connectivity index (χ3n) is 8.14. The Morgan fingerprint density at radius 1 is 1.09 bits per heavy atom. The molecule has 0 radical (unpaired) electrons. The van der Waals surface area contributed by atoms with Crippen molar-refractivity contribution < 1.29 is 29.0 Å². The first-order chi connectivity index (χ1) is 22.5. The van der Waals surface area contributed by atoms with E-state index in [1.807, 2.05) is 30.3 Å². The van der Waals surface area contributed by atoms with E-state index < -0.39 is 46.7 Å². The molecule has 0 aliphatic carbocycles. The molecule has 0 bridgehead atoms. The van der Waals surface area contributed by atoms with Crippen molar-refractivity contribution in [2.75, 3.05) is 13.2 Å². The SMILES string of the molecule is Cc1cn([C@H]2C[C@H](O)[C@@H](COC(=O)OCC(C)c3cc(-c4ccc5sc6ccccc6c(=O)c5c4)ccc3[N+](=O)[O-])O2)c(=O)[nH]c1=O. The van der Waals surface area contributed by atoms with Gasteiger partial charge < -0.3 is 19.3 Å². The molecule has 3 heterocycles. The predicted octanol–water partition coefficient (Wildman–Crippen LogP) is 4.75. The van der Waals surface area contributed by atoms with Gasteiger partial charge in [0, 0.05) is 55.9 Å². The van der Waals surface area contributed by atoms with Gasteiger partial charge in [-0.25, -0.2) is 9.59 Å². The van der Waals surface area contributed by atoms with Crippen molar-refractivity contribution in [1.82, 2.24) is 9.55 Å². The summed E-state index contributed by atoms with van der Waals surface area (Å²) in [7, 11) is 0. The number of aryl methyl sites for hydroxylation is 1. The van der Waals surface area contributed by atoms with Crippen molar-refractivity contribution in [3.05, 3.63) is 119 Å². The van der Waals surface area contributed by atoms with Crippen LogP contribution in [0.1, 0.15) is 36.6 Å². The van der Waals surface area contributed by atoms with E-state index in [0.717, 1.165) is 14.0 Å². The molecule has 0 amide bonds. The zero-order chi connectivity index (χ0) is 33.4. The molecule has 2 N–H and O–H groups in total. The molecule has 1 unspecified atom stereocenters. The number of nitrogens with zero attached hydrogens (tertiary/aromatic N) is 2. The first-order valence-corrected chi connectivity index (χ1v) is 15.5. The minimum Gasteiger partial charge on any atom is -0.434 e. The average Bonchev–Trinajstić information content (AvgIpc) is 3.43. The molecule has 13 nitrogen and oxygen atoms in total.